The topological polar surface area (TPSA) is 30.7 Å². The summed E-state index contributed by atoms with van der Waals surface area (Å²) in [6, 6.07) is 0.356. The standard InChI is InChI=1S/C10H18ClN3S/c1-5-15-6-8(4)14-9(7(2)3)12-13-10(14)11/h7-8H,5-6H2,1-4H3. The highest BCUT2D eigenvalue weighted by Crippen LogP contribution is 2.24. The van der Waals surface area contributed by atoms with Crippen LogP contribution < -0.4 is 0 Å². The molecule has 1 aromatic heterocycles. The Balaban J connectivity index is 2.85. The van der Waals surface area contributed by atoms with Gasteiger partial charge in [0.15, 0.2) is 0 Å². The number of rotatable bonds is 5. The smallest absolute Gasteiger partial charge is 0.225 e. The maximum Gasteiger partial charge on any atom is 0.225 e. The fourth-order valence-electron chi connectivity index (χ4n) is 1.45. The molecule has 0 aromatic carbocycles. The third-order valence-electron chi connectivity index (χ3n) is 2.20. The minimum atomic E-state index is 0.356. The average molecular weight is 248 g/mol. The lowest BCUT2D eigenvalue weighted by Crippen LogP contribution is -2.13. The lowest BCUT2D eigenvalue weighted by molar-refractivity contribution is 0.557. The van der Waals surface area contributed by atoms with Crippen molar-refractivity contribution in [1.82, 2.24) is 14.8 Å². The van der Waals surface area contributed by atoms with Crippen molar-refractivity contribution in [3.8, 4) is 0 Å². The van der Waals surface area contributed by atoms with Gasteiger partial charge in [0.05, 0.1) is 0 Å². The molecule has 0 saturated heterocycles. The molecule has 1 unspecified atom stereocenters. The third-order valence-corrected chi connectivity index (χ3v) is 3.58. The van der Waals surface area contributed by atoms with Gasteiger partial charge in [0, 0.05) is 17.7 Å². The average Bonchev–Trinajstić information content (AvgIpc) is 2.56. The minimum absolute atomic E-state index is 0.356. The first-order valence-corrected chi connectivity index (χ1v) is 6.79. The van der Waals surface area contributed by atoms with Crippen LogP contribution in [0.25, 0.3) is 0 Å². The fourth-order valence-corrected chi connectivity index (χ4v) is 2.46. The Hall–Kier alpha value is -0.220. The van der Waals surface area contributed by atoms with E-state index in [1.807, 2.05) is 16.3 Å². The summed E-state index contributed by atoms with van der Waals surface area (Å²) in [4.78, 5) is 0. The molecule has 0 amide bonds. The van der Waals surface area contributed by atoms with Crippen molar-refractivity contribution in [2.24, 2.45) is 0 Å². The Morgan fingerprint density at radius 1 is 1.33 bits per heavy atom. The van der Waals surface area contributed by atoms with Gasteiger partial charge in [0.25, 0.3) is 0 Å². The van der Waals surface area contributed by atoms with Gasteiger partial charge in [-0.3, -0.25) is 4.57 Å². The quantitative estimate of drug-likeness (QED) is 0.799. The van der Waals surface area contributed by atoms with E-state index >= 15 is 0 Å². The molecule has 5 heteroatoms. The normalized spacial score (nSPS) is 13.5. The van der Waals surface area contributed by atoms with Gasteiger partial charge in [-0.2, -0.15) is 11.8 Å². The highest BCUT2D eigenvalue weighted by molar-refractivity contribution is 7.99. The summed E-state index contributed by atoms with van der Waals surface area (Å²) < 4.78 is 2.04. The lowest BCUT2D eigenvalue weighted by Gasteiger charge is -2.17. The third kappa shape index (κ3) is 3.11. The second-order valence-electron chi connectivity index (χ2n) is 3.86. The van der Waals surface area contributed by atoms with Crippen molar-refractivity contribution in [2.45, 2.75) is 39.7 Å². The summed E-state index contributed by atoms with van der Waals surface area (Å²) in [5.74, 6) is 3.51. The van der Waals surface area contributed by atoms with E-state index in [9.17, 15) is 0 Å². The number of thioether (sulfide) groups is 1. The highest BCUT2D eigenvalue weighted by atomic mass is 35.5. The Morgan fingerprint density at radius 3 is 2.53 bits per heavy atom. The Labute approximate surface area is 101 Å². The molecule has 0 saturated carbocycles. The van der Waals surface area contributed by atoms with Crippen molar-refractivity contribution < 1.29 is 0 Å². The molecule has 1 heterocycles. The molecule has 1 aromatic rings. The van der Waals surface area contributed by atoms with Gasteiger partial charge >= 0.3 is 0 Å². The number of nitrogens with zero attached hydrogens (tertiary/aromatic N) is 3. The molecular weight excluding hydrogens is 230 g/mol. The molecule has 0 spiro atoms. The van der Waals surface area contributed by atoms with Crippen LogP contribution in [0.2, 0.25) is 5.28 Å². The SMILES string of the molecule is CCSCC(C)n1c(Cl)nnc1C(C)C. The molecule has 0 fully saturated rings. The molecule has 0 N–H and O–H groups in total. The van der Waals surface area contributed by atoms with Crippen LogP contribution in [0.15, 0.2) is 0 Å². The molecule has 0 radical (unpaired) electrons. The van der Waals surface area contributed by atoms with Crippen molar-refractivity contribution in [1.29, 1.82) is 0 Å². The maximum atomic E-state index is 6.04. The minimum Gasteiger partial charge on any atom is -0.298 e. The Morgan fingerprint density at radius 2 is 2.00 bits per heavy atom. The van der Waals surface area contributed by atoms with Crippen LogP contribution in [0.5, 0.6) is 0 Å². The van der Waals surface area contributed by atoms with Gasteiger partial charge in [-0.15, -0.1) is 10.2 Å². The van der Waals surface area contributed by atoms with E-state index in [2.05, 4.69) is 37.9 Å². The van der Waals surface area contributed by atoms with E-state index in [4.69, 9.17) is 11.6 Å². The van der Waals surface area contributed by atoms with Gasteiger partial charge in [-0.25, -0.2) is 0 Å². The molecule has 3 nitrogen and oxygen atoms in total. The molecule has 0 aliphatic rings. The zero-order valence-corrected chi connectivity index (χ0v) is 11.3. The van der Waals surface area contributed by atoms with Crippen LogP contribution in [-0.4, -0.2) is 26.3 Å². The van der Waals surface area contributed by atoms with E-state index in [1.165, 1.54) is 0 Å². The number of aromatic nitrogens is 3. The van der Waals surface area contributed by atoms with Crippen molar-refractivity contribution in [3.05, 3.63) is 11.1 Å². The molecular formula is C10H18ClN3S. The molecule has 15 heavy (non-hydrogen) atoms. The molecule has 86 valence electrons. The van der Waals surface area contributed by atoms with Crippen LogP contribution in [0.3, 0.4) is 0 Å². The Kier molecular flexibility index (Phi) is 4.93. The summed E-state index contributed by atoms with van der Waals surface area (Å²) in [5.41, 5.74) is 0. The predicted molar refractivity (Wildman–Crippen MR) is 66.8 cm³/mol. The van der Waals surface area contributed by atoms with Crippen molar-refractivity contribution in [3.63, 3.8) is 0 Å². The van der Waals surface area contributed by atoms with Crippen LogP contribution >= 0.6 is 23.4 Å². The summed E-state index contributed by atoms with van der Waals surface area (Å²) in [6.07, 6.45) is 0. The number of hydrogen-bond acceptors (Lipinski definition) is 3. The highest BCUT2D eigenvalue weighted by Gasteiger charge is 2.17. The lowest BCUT2D eigenvalue weighted by atomic mass is 10.2. The van der Waals surface area contributed by atoms with E-state index < -0.39 is 0 Å². The van der Waals surface area contributed by atoms with Crippen molar-refractivity contribution >= 4 is 23.4 Å². The van der Waals surface area contributed by atoms with E-state index in [0.717, 1.165) is 17.3 Å². The maximum absolute atomic E-state index is 6.04. The van der Waals surface area contributed by atoms with E-state index in [-0.39, 0.29) is 0 Å². The first-order valence-electron chi connectivity index (χ1n) is 5.26. The van der Waals surface area contributed by atoms with E-state index in [1.54, 1.807) is 0 Å². The summed E-state index contributed by atoms with van der Waals surface area (Å²) >= 11 is 7.95. The van der Waals surface area contributed by atoms with Crippen molar-refractivity contribution in [2.75, 3.05) is 11.5 Å². The van der Waals surface area contributed by atoms with Crippen LogP contribution in [0, 0.1) is 0 Å². The van der Waals surface area contributed by atoms with Gasteiger partial charge in [0.1, 0.15) is 5.82 Å². The first-order chi connectivity index (χ1) is 7.07. The molecule has 0 aliphatic heterocycles. The predicted octanol–water partition coefficient (Wildman–Crippen LogP) is 3.37. The molecule has 0 bridgehead atoms. The second-order valence-corrected chi connectivity index (χ2v) is 5.52. The van der Waals surface area contributed by atoms with Crippen LogP contribution in [-0.2, 0) is 0 Å². The zero-order valence-electron chi connectivity index (χ0n) is 9.70. The van der Waals surface area contributed by atoms with Crippen LogP contribution in [0.4, 0.5) is 0 Å². The fraction of sp³-hybridized carbons (Fsp3) is 0.800. The molecule has 1 rings (SSSR count). The van der Waals surface area contributed by atoms with E-state index in [0.29, 0.717) is 17.2 Å². The Bertz CT molecular complexity index is 312. The molecule has 0 aliphatic carbocycles. The number of hydrogen-bond donors (Lipinski definition) is 0. The molecule has 1 atom stereocenters. The van der Waals surface area contributed by atoms with Gasteiger partial charge in [-0.1, -0.05) is 20.8 Å². The van der Waals surface area contributed by atoms with Crippen LogP contribution in [0.1, 0.15) is 45.5 Å². The van der Waals surface area contributed by atoms with Gasteiger partial charge in [-0.05, 0) is 24.3 Å². The summed E-state index contributed by atoms with van der Waals surface area (Å²) in [6.45, 7) is 8.53. The first kappa shape index (κ1) is 12.8. The largest absolute Gasteiger partial charge is 0.298 e. The summed E-state index contributed by atoms with van der Waals surface area (Å²) in [5, 5.41) is 8.55. The number of halogens is 1. The zero-order chi connectivity index (χ0) is 11.4. The monoisotopic (exact) mass is 247 g/mol. The summed E-state index contributed by atoms with van der Waals surface area (Å²) in [7, 11) is 0. The van der Waals surface area contributed by atoms with Gasteiger partial charge < -0.3 is 0 Å². The second kappa shape index (κ2) is 5.75. The van der Waals surface area contributed by atoms with Gasteiger partial charge in [0.2, 0.25) is 5.28 Å².